The molecule has 0 fully saturated rings. The number of fused-ring (bicyclic) bond motifs is 1. The third-order valence-electron chi connectivity index (χ3n) is 3.77. The first-order valence-electron chi connectivity index (χ1n) is 7.78. The number of benzene rings is 1. The summed E-state index contributed by atoms with van der Waals surface area (Å²) in [5.41, 5.74) is 7.56. The molecule has 0 spiro atoms. The zero-order valence-corrected chi connectivity index (χ0v) is 15.2. The number of carbonyl (C=O) groups excluding carboxylic acids is 1. The van der Waals surface area contributed by atoms with E-state index < -0.39 is 6.09 Å². The summed E-state index contributed by atoms with van der Waals surface area (Å²) in [6, 6.07) is 9.53. The maximum atomic E-state index is 11.9. The van der Waals surface area contributed by atoms with Gasteiger partial charge in [-0.05, 0) is 21.5 Å². The number of alkyl carbamates (subject to hydrolysis) is 1. The summed E-state index contributed by atoms with van der Waals surface area (Å²) in [6.07, 6.45) is 2.95. The highest BCUT2D eigenvalue weighted by Gasteiger charge is 2.18. The lowest BCUT2D eigenvalue weighted by Gasteiger charge is -2.12. The van der Waals surface area contributed by atoms with Crippen molar-refractivity contribution >= 4 is 33.4 Å². The summed E-state index contributed by atoms with van der Waals surface area (Å²) in [7, 11) is 0. The number of rotatable bonds is 5. The van der Waals surface area contributed by atoms with Gasteiger partial charge in [-0.3, -0.25) is 4.40 Å². The molecular weight excluding hydrogens is 386 g/mol. The average molecular weight is 404 g/mol. The van der Waals surface area contributed by atoms with Crippen molar-refractivity contribution in [1.82, 2.24) is 19.7 Å². The zero-order valence-electron chi connectivity index (χ0n) is 13.6. The Kier molecular flexibility index (Phi) is 5.18. The molecule has 1 amide bonds. The number of hydrogen-bond donors (Lipinski definition) is 2. The minimum absolute atomic E-state index is 0.0372. The number of amides is 1. The van der Waals surface area contributed by atoms with Gasteiger partial charge in [0.2, 0.25) is 0 Å². The molecule has 7 nitrogen and oxygen atoms in total. The second-order valence-electron chi connectivity index (χ2n) is 5.64. The smallest absolute Gasteiger partial charge is 0.407 e. The van der Waals surface area contributed by atoms with E-state index in [0.717, 1.165) is 16.9 Å². The van der Waals surface area contributed by atoms with Crippen LogP contribution in [0.3, 0.4) is 0 Å². The lowest BCUT2D eigenvalue weighted by Crippen LogP contribution is -2.28. The van der Waals surface area contributed by atoms with E-state index in [1.807, 2.05) is 41.7 Å². The predicted molar refractivity (Wildman–Crippen MR) is 98.1 cm³/mol. The van der Waals surface area contributed by atoms with Crippen LogP contribution >= 0.6 is 15.9 Å². The summed E-state index contributed by atoms with van der Waals surface area (Å²) in [5.74, 6) is 1.14. The van der Waals surface area contributed by atoms with E-state index in [1.165, 1.54) is 0 Å². The van der Waals surface area contributed by atoms with Gasteiger partial charge in [0.05, 0.1) is 0 Å². The molecule has 25 heavy (non-hydrogen) atoms. The Bertz CT molecular complexity index is 881. The van der Waals surface area contributed by atoms with Crippen LogP contribution in [0.25, 0.3) is 5.52 Å². The molecule has 3 rings (SSSR count). The molecule has 1 aromatic carbocycles. The van der Waals surface area contributed by atoms with E-state index in [4.69, 9.17) is 10.5 Å². The van der Waals surface area contributed by atoms with Crippen molar-refractivity contribution in [3.05, 3.63) is 58.7 Å². The van der Waals surface area contributed by atoms with Crippen molar-refractivity contribution in [2.24, 2.45) is 0 Å². The highest BCUT2D eigenvalue weighted by atomic mass is 79.9. The number of nitrogens with two attached hydrogens (primary N) is 1. The number of halogens is 1. The Labute approximate surface area is 153 Å². The molecule has 0 saturated carbocycles. The highest BCUT2D eigenvalue weighted by Crippen LogP contribution is 2.26. The maximum absolute atomic E-state index is 11.9. The number of nitrogens with zero attached hydrogens (tertiary/aromatic N) is 3. The number of carbonyl (C=O) groups is 1. The normalized spacial score (nSPS) is 12.1. The molecule has 0 aliphatic heterocycles. The molecular formula is C17H18BrN5O2. The third-order valence-corrected chi connectivity index (χ3v) is 4.33. The van der Waals surface area contributed by atoms with E-state index in [1.54, 1.807) is 12.4 Å². The number of aromatic nitrogens is 3. The molecule has 2 aromatic heterocycles. The van der Waals surface area contributed by atoms with Crippen LogP contribution in [0.15, 0.2) is 47.3 Å². The van der Waals surface area contributed by atoms with E-state index in [0.29, 0.717) is 17.0 Å². The van der Waals surface area contributed by atoms with Crippen LogP contribution in [0, 0.1) is 0 Å². The van der Waals surface area contributed by atoms with Crippen LogP contribution in [-0.4, -0.2) is 27.0 Å². The fourth-order valence-electron chi connectivity index (χ4n) is 2.49. The maximum Gasteiger partial charge on any atom is 0.407 e. The fraction of sp³-hybridized carbons (Fsp3) is 0.235. The first-order valence-corrected chi connectivity index (χ1v) is 8.58. The van der Waals surface area contributed by atoms with Gasteiger partial charge in [-0.15, -0.1) is 0 Å². The van der Waals surface area contributed by atoms with Crippen molar-refractivity contribution in [1.29, 1.82) is 0 Å². The highest BCUT2D eigenvalue weighted by molar-refractivity contribution is 9.10. The summed E-state index contributed by atoms with van der Waals surface area (Å²) in [6.45, 7) is 2.60. The molecule has 2 heterocycles. The van der Waals surface area contributed by atoms with Gasteiger partial charge in [-0.1, -0.05) is 37.3 Å². The second-order valence-corrected chi connectivity index (χ2v) is 6.39. The van der Waals surface area contributed by atoms with Crippen LogP contribution in [0.2, 0.25) is 0 Å². The Morgan fingerprint density at radius 3 is 2.92 bits per heavy atom. The van der Waals surface area contributed by atoms with E-state index in [9.17, 15) is 4.79 Å². The Morgan fingerprint density at radius 1 is 1.40 bits per heavy atom. The number of imidazole rings is 1. The molecule has 3 N–H and O–H groups in total. The van der Waals surface area contributed by atoms with Crippen LogP contribution in [-0.2, 0) is 11.3 Å². The van der Waals surface area contributed by atoms with Gasteiger partial charge in [0.25, 0.3) is 0 Å². The lowest BCUT2D eigenvalue weighted by molar-refractivity contribution is 0.139. The van der Waals surface area contributed by atoms with Crippen molar-refractivity contribution in [2.45, 2.75) is 19.4 Å². The number of nitrogens with one attached hydrogen (secondary N) is 1. The Balaban J connectivity index is 1.60. The molecule has 0 saturated heterocycles. The van der Waals surface area contributed by atoms with Gasteiger partial charge in [0.1, 0.15) is 22.6 Å². The summed E-state index contributed by atoms with van der Waals surface area (Å²) in [5, 5.41) is 2.76. The summed E-state index contributed by atoms with van der Waals surface area (Å²) in [4.78, 5) is 20.4. The monoisotopic (exact) mass is 403 g/mol. The van der Waals surface area contributed by atoms with Crippen molar-refractivity contribution in [3.8, 4) is 0 Å². The van der Waals surface area contributed by atoms with Gasteiger partial charge >= 0.3 is 6.09 Å². The number of anilines is 1. The number of hydrogen-bond acceptors (Lipinski definition) is 5. The average Bonchev–Trinajstić information content (AvgIpc) is 2.97. The fourth-order valence-corrected chi connectivity index (χ4v) is 3.07. The van der Waals surface area contributed by atoms with Gasteiger partial charge in [0.15, 0.2) is 5.82 Å². The van der Waals surface area contributed by atoms with Gasteiger partial charge in [-0.2, -0.15) is 0 Å². The predicted octanol–water partition coefficient (Wildman–Crippen LogP) is 3.10. The molecule has 130 valence electrons. The minimum Gasteiger partial charge on any atom is -0.445 e. The topological polar surface area (TPSA) is 94.5 Å². The zero-order chi connectivity index (χ0) is 17.8. The standard InChI is InChI=1S/C17H18BrN5O2/c1-11(9-21-17(24)25-10-12-5-3-2-4-6-12)16-22-14(18)13-15(19)20-7-8-23(13)16/h2-8,11H,9-10H2,1H3,(H2,19,20)(H,21,24). The number of nitrogen functional groups attached to an aromatic ring is 1. The van der Waals surface area contributed by atoms with Crippen LogP contribution < -0.4 is 11.1 Å². The molecule has 0 aliphatic carbocycles. The molecule has 0 bridgehead atoms. The summed E-state index contributed by atoms with van der Waals surface area (Å²) >= 11 is 3.40. The SMILES string of the molecule is CC(CNC(=O)OCc1ccccc1)c1nc(Br)c2c(N)nccn12. The molecule has 3 aromatic rings. The molecule has 1 atom stereocenters. The summed E-state index contributed by atoms with van der Waals surface area (Å²) < 4.78 is 7.71. The van der Waals surface area contributed by atoms with Crippen LogP contribution in [0.5, 0.6) is 0 Å². The third kappa shape index (κ3) is 3.90. The van der Waals surface area contributed by atoms with Crippen molar-refractivity contribution < 1.29 is 9.53 Å². The first kappa shape index (κ1) is 17.2. The second kappa shape index (κ2) is 7.52. The molecule has 0 radical (unpaired) electrons. The van der Waals surface area contributed by atoms with E-state index >= 15 is 0 Å². The van der Waals surface area contributed by atoms with Crippen molar-refractivity contribution in [3.63, 3.8) is 0 Å². The van der Waals surface area contributed by atoms with Gasteiger partial charge in [-0.25, -0.2) is 14.8 Å². The molecule has 0 aliphatic rings. The van der Waals surface area contributed by atoms with Crippen LogP contribution in [0.4, 0.5) is 10.6 Å². The molecule has 1 unspecified atom stereocenters. The quantitative estimate of drug-likeness (QED) is 0.682. The largest absolute Gasteiger partial charge is 0.445 e. The van der Waals surface area contributed by atoms with E-state index in [-0.39, 0.29) is 12.5 Å². The van der Waals surface area contributed by atoms with Crippen LogP contribution in [0.1, 0.15) is 24.2 Å². The molecule has 8 heteroatoms. The minimum atomic E-state index is -0.461. The lowest BCUT2D eigenvalue weighted by atomic mass is 10.1. The Hall–Kier alpha value is -2.61. The number of ether oxygens (including phenoxy) is 1. The van der Waals surface area contributed by atoms with Gasteiger partial charge in [0, 0.05) is 24.9 Å². The van der Waals surface area contributed by atoms with Crippen molar-refractivity contribution in [2.75, 3.05) is 12.3 Å². The van der Waals surface area contributed by atoms with Gasteiger partial charge < -0.3 is 15.8 Å². The first-order chi connectivity index (χ1) is 12.1. The van der Waals surface area contributed by atoms with E-state index in [2.05, 4.69) is 31.2 Å². The Morgan fingerprint density at radius 2 is 2.16 bits per heavy atom.